The lowest BCUT2D eigenvalue weighted by Crippen LogP contribution is -2.35. The van der Waals surface area contributed by atoms with Crippen molar-refractivity contribution in [3.63, 3.8) is 0 Å². The Morgan fingerprint density at radius 2 is 1.93 bits per heavy atom. The third-order valence-electron chi connectivity index (χ3n) is 3.24. The molecular formula is C12H24N2. The van der Waals surface area contributed by atoms with E-state index in [1.54, 1.807) is 0 Å². The minimum atomic E-state index is 0.669. The molecule has 0 unspecified atom stereocenters. The van der Waals surface area contributed by atoms with Gasteiger partial charge < -0.3 is 5.73 Å². The first-order chi connectivity index (χ1) is 6.74. The van der Waals surface area contributed by atoms with E-state index in [9.17, 15) is 0 Å². The van der Waals surface area contributed by atoms with Crippen LogP contribution in [-0.4, -0.2) is 31.1 Å². The molecule has 82 valence electrons. The summed E-state index contributed by atoms with van der Waals surface area (Å²) in [5.41, 5.74) is 5.40. The molecule has 0 aromatic rings. The highest BCUT2D eigenvalue weighted by molar-refractivity contribution is 4.87. The Morgan fingerprint density at radius 1 is 1.29 bits per heavy atom. The van der Waals surface area contributed by atoms with Gasteiger partial charge in [0.2, 0.25) is 0 Å². The summed E-state index contributed by atoms with van der Waals surface area (Å²) in [7, 11) is 0. The number of rotatable bonds is 4. The van der Waals surface area contributed by atoms with Gasteiger partial charge in [0, 0.05) is 13.1 Å². The van der Waals surface area contributed by atoms with Crippen LogP contribution in [0.5, 0.6) is 0 Å². The maximum Gasteiger partial charge on any atom is 0.0163 e. The minimum Gasteiger partial charge on any atom is -0.327 e. The first-order valence-electron chi connectivity index (χ1n) is 5.81. The maximum absolute atomic E-state index is 5.40. The van der Waals surface area contributed by atoms with Gasteiger partial charge in [0.05, 0.1) is 0 Å². The largest absolute Gasteiger partial charge is 0.327 e. The molecule has 1 rings (SSSR count). The highest BCUT2D eigenvalue weighted by atomic mass is 15.1. The molecule has 1 aliphatic heterocycles. The second kappa shape index (κ2) is 6.20. The van der Waals surface area contributed by atoms with E-state index < -0.39 is 0 Å². The van der Waals surface area contributed by atoms with Crippen LogP contribution in [0.15, 0.2) is 12.2 Å². The van der Waals surface area contributed by atoms with Gasteiger partial charge in [0.15, 0.2) is 0 Å². The van der Waals surface area contributed by atoms with Crippen LogP contribution in [0.25, 0.3) is 0 Å². The summed E-state index contributed by atoms with van der Waals surface area (Å²) in [6.07, 6.45) is 6.98. The standard InChI is InChI=1S/C12H24N2/c1-11(2)12-5-9-14(10-6-12)8-4-3-7-13/h3-4,11-12H,5-10,13H2,1-2H3/b4-3+. The molecule has 1 fully saturated rings. The molecule has 0 aliphatic carbocycles. The zero-order valence-electron chi connectivity index (χ0n) is 9.58. The van der Waals surface area contributed by atoms with Gasteiger partial charge in [-0.1, -0.05) is 26.0 Å². The van der Waals surface area contributed by atoms with Crippen molar-refractivity contribution in [1.29, 1.82) is 0 Å². The van der Waals surface area contributed by atoms with Crippen LogP contribution in [-0.2, 0) is 0 Å². The second-order valence-corrected chi connectivity index (χ2v) is 4.59. The average Bonchev–Trinajstić information content (AvgIpc) is 2.19. The highest BCUT2D eigenvalue weighted by Crippen LogP contribution is 2.23. The van der Waals surface area contributed by atoms with Crippen molar-refractivity contribution >= 4 is 0 Å². The Balaban J connectivity index is 2.19. The van der Waals surface area contributed by atoms with E-state index in [2.05, 4.69) is 30.9 Å². The fourth-order valence-electron chi connectivity index (χ4n) is 2.12. The number of nitrogens with zero attached hydrogens (tertiary/aromatic N) is 1. The molecule has 2 N–H and O–H groups in total. The Bertz CT molecular complexity index is 167. The smallest absolute Gasteiger partial charge is 0.0163 e. The zero-order valence-corrected chi connectivity index (χ0v) is 9.58. The Labute approximate surface area is 88.2 Å². The molecule has 0 amide bonds. The number of nitrogens with two attached hydrogens (primary N) is 1. The van der Waals surface area contributed by atoms with Gasteiger partial charge in [-0.15, -0.1) is 0 Å². The lowest BCUT2D eigenvalue weighted by atomic mass is 9.87. The first-order valence-corrected chi connectivity index (χ1v) is 5.81. The van der Waals surface area contributed by atoms with Gasteiger partial charge in [0.25, 0.3) is 0 Å². The predicted molar refractivity (Wildman–Crippen MR) is 62.2 cm³/mol. The average molecular weight is 196 g/mol. The van der Waals surface area contributed by atoms with Crippen molar-refractivity contribution in [3.8, 4) is 0 Å². The van der Waals surface area contributed by atoms with E-state index in [1.807, 2.05) is 0 Å². The molecule has 0 aromatic heterocycles. The quantitative estimate of drug-likeness (QED) is 0.696. The van der Waals surface area contributed by atoms with Gasteiger partial charge in [-0.3, -0.25) is 4.90 Å². The van der Waals surface area contributed by atoms with Gasteiger partial charge in [-0.25, -0.2) is 0 Å². The number of piperidine rings is 1. The Hall–Kier alpha value is -0.340. The van der Waals surface area contributed by atoms with Crippen molar-refractivity contribution in [3.05, 3.63) is 12.2 Å². The Morgan fingerprint density at radius 3 is 2.43 bits per heavy atom. The molecule has 1 saturated heterocycles. The summed E-state index contributed by atoms with van der Waals surface area (Å²) in [5, 5.41) is 0. The molecule has 1 heterocycles. The van der Waals surface area contributed by atoms with Gasteiger partial charge in [0.1, 0.15) is 0 Å². The highest BCUT2D eigenvalue weighted by Gasteiger charge is 2.20. The van der Waals surface area contributed by atoms with Crippen LogP contribution in [0.3, 0.4) is 0 Å². The van der Waals surface area contributed by atoms with Crippen molar-refractivity contribution < 1.29 is 0 Å². The topological polar surface area (TPSA) is 29.3 Å². The van der Waals surface area contributed by atoms with Crippen molar-refractivity contribution in [2.75, 3.05) is 26.2 Å². The number of hydrogen-bond acceptors (Lipinski definition) is 2. The van der Waals surface area contributed by atoms with Gasteiger partial charge in [-0.2, -0.15) is 0 Å². The summed E-state index contributed by atoms with van der Waals surface area (Å²) in [6.45, 7) is 8.96. The van der Waals surface area contributed by atoms with Crippen LogP contribution in [0.4, 0.5) is 0 Å². The normalized spacial score (nSPS) is 21.1. The van der Waals surface area contributed by atoms with E-state index in [-0.39, 0.29) is 0 Å². The van der Waals surface area contributed by atoms with Crippen LogP contribution < -0.4 is 5.73 Å². The van der Waals surface area contributed by atoms with E-state index in [0.717, 1.165) is 18.4 Å². The van der Waals surface area contributed by atoms with E-state index in [0.29, 0.717) is 6.54 Å². The lowest BCUT2D eigenvalue weighted by molar-refractivity contribution is 0.170. The van der Waals surface area contributed by atoms with E-state index >= 15 is 0 Å². The molecule has 2 nitrogen and oxygen atoms in total. The third kappa shape index (κ3) is 3.81. The monoisotopic (exact) mass is 196 g/mol. The molecule has 0 atom stereocenters. The SMILES string of the molecule is CC(C)C1CCN(C/C=C/CN)CC1. The van der Waals surface area contributed by atoms with E-state index in [1.165, 1.54) is 25.9 Å². The number of likely N-dealkylation sites (tertiary alicyclic amines) is 1. The van der Waals surface area contributed by atoms with Crippen LogP contribution in [0.1, 0.15) is 26.7 Å². The molecule has 1 aliphatic rings. The van der Waals surface area contributed by atoms with Gasteiger partial charge in [-0.05, 0) is 37.8 Å². The number of hydrogen-bond donors (Lipinski definition) is 1. The predicted octanol–water partition coefficient (Wildman–Crippen LogP) is 1.87. The van der Waals surface area contributed by atoms with Crippen molar-refractivity contribution in [2.24, 2.45) is 17.6 Å². The van der Waals surface area contributed by atoms with Crippen LogP contribution >= 0.6 is 0 Å². The van der Waals surface area contributed by atoms with Crippen LogP contribution in [0, 0.1) is 11.8 Å². The maximum atomic E-state index is 5.40. The zero-order chi connectivity index (χ0) is 10.4. The minimum absolute atomic E-state index is 0.669. The summed E-state index contributed by atoms with van der Waals surface area (Å²) in [5.74, 6) is 1.81. The molecule has 0 saturated carbocycles. The Kier molecular flexibility index (Phi) is 5.20. The van der Waals surface area contributed by atoms with Crippen molar-refractivity contribution in [1.82, 2.24) is 4.90 Å². The molecular weight excluding hydrogens is 172 g/mol. The fourth-order valence-corrected chi connectivity index (χ4v) is 2.12. The molecule has 0 spiro atoms. The molecule has 0 aromatic carbocycles. The van der Waals surface area contributed by atoms with E-state index in [4.69, 9.17) is 5.73 Å². The summed E-state index contributed by atoms with van der Waals surface area (Å²) in [4.78, 5) is 2.52. The van der Waals surface area contributed by atoms with Crippen molar-refractivity contribution in [2.45, 2.75) is 26.7 Å². The molecule has 0 bridgehead atoms. The second-order valence-electron chi connectivity index (χ2n) is 4.59. The van der Waals surface area contributed by atoms with Crippen LogP contribution in [0.2, 0.25) is 0 Å². The molecule has 2 heteroatoms. The summed E-state index contributed by atoms with van der Waals surface area (Å²) >= 11 is 0. The summed E-state index contributed by atoms with van der Waals surface area (Å²) < 4.78 is 0. The summed E-state index contributed by atoms with van der Waals surface area (Å²) in [6, 6.07) is 0. The van der Waals surface area contributed by atoms with Gasteiger partial charge >= 0.3 is 0 Å². The first kappa shape index (κ1) is 11.7. The molecule has 14 heavy (non-hydrogen) atoms. The molecule has 0 radical (unpaired) electrons. The lowest BCUT2D eigenvalue weighted by Gasteiger charge is -2.33. The third-order valence-corrected chi connectivity index (χ3v) is 3.24. The fraction of sp³-hybridized carbons (Fsp3) is 0.833.